The summed E-state index contributed by atoms with van der Waals surface area (Å²) in [6.45, 7) is 3.49. The summed E-state index contributed by atoms with van der Waals surface area (Å²) in [4.78, 5) is 34.5. The molecule has 0 radical (unpaired) electrons. The van der Waals surface area contributed by atoms with E-state index in [1.165, 1.54) is 0 Å². The summed E-state index contributed by atoms with van der Waals surface area (Å²) in [6.07, 6.45) is 0.243. The molecule has 2 rings (SSSR count). The highest BCUT2D eigenvalue weighted by molar-refractivity contribution is 14.1. The molecule has 0 spiro atoms. The van der Waals surface area contributed by atoms with Crippen LogP contribution in [0.4, 0.5) is 0 Å². The van der Waals surface area contributed by atoms with Crippen LogP contribution in [-0.4, -0.2) is 25.8 Å². The molecular formula is C22H21I2O6-. The molecule has 2 aromatic rings. The van der Waals surface area contributed by atoms with Crippen molar-refractivity contribution in [3.63, 3.8) is 0 Å². The molecule has 160 valence electrons. The van der Waals surface area contributed by atoms with Crippen LogP contribution in [0.15, 0.2) is 48.5 Å². The molecule has 0 aliphatic heterocycles. The zero-order valence-electron chi connectivity index (χ0n) is 16.5. The standard InChI is InChI=1S/C22H22I2O6/c1-13(23)21(27)29-17-7-3-15(4-8-17)19(11-12-20(25)26)16-5-9-18(10-6-16)30-22(28)14(2)24/h3-10,13-14,19H,11-12H2,1-2H3,(H,25,26)/p-1. The minimum Gasteiger partial charge on any atom is -0.550 e. The number of hydrogen-bond acceptors (Lipinski definition) is 6. The lowest BCUT2D eigenvalue weighted by Gasteiger charge is -2.19. The smallest absolute Gasteiger partial charge is 0.323 e. The van der Waals surface area contributed by atoms with Crippen LogP contribution in [0.5, 0.6) is 11.5 Å². The van der Waals surface area contributed by atoms with Gasteiger partial charge in [0.05, 0.1) is 0 Å². The second kappa shape index (κ2) is 11.6. The Morgan fingerprint density at radius 3 is 1.47 bits per heavy atom. The van der Waals surface area contributed by atoms with Crippen molar-refractivity contribution in [1.82, 2.24) is 0 Å². The number of carbonyl (C=O) groups excluding carboxylic acids is 3. The number of esters is 2. The van der Waals surface area contributed by atoms with Gasteiger partial charge in [-0.3, -0.25) is 9.59 Å². The molecule has 0 saturated carbocycles. The van der Waals surface area contributed by atoms with Crippen molar-refractivity contribution < 1.29 is 29.0 Å². The molecule has 0 aliphatic carbocycles. The van der Waals surface area contributed by atoms with Gasteiger partial charge < -0.3 is 19.4 Å². The van der Waals surface area contributed by atoms with E-state index in [-0.39, 0.29) is 32.1 Å². The molecule has 0 amide bonds. The molecule has 0 bridgehead atoms. The number of aliphatic carboxylic acids is 1. The lowest BCUT2D eigenvalue weighted by Crippen LogP contribution is -2.22. The van der Waals surface area contributed by atoms with Gasteiger partial charge in [0, 0.05) is 11.9 Å². The average molecular weight is 635 g/mol. The van der Waals surface area contributed by atoms with Gasteiger partial charge in [0.15, 0.2) is 0 Å². The van der Waals surface area contributed by atoms with Gasteiger partial charge in [-0.25, -0.2) is 0 Å². The Hall–Kier alpha value is -1.69. The van der Waals surface area contributed by atoms with Gasteiger partial charge in [-0.2, -0.15) is 0 Å². The van der Waals surface area contributed by atoms with Crippen LogP contribution >= 0.6 is 45.2 Å². The van der Waals surface area contributed by atoms with Crippen LogP contribution in [0.1, 0.15) is 43.7 Å². The Bertz CT molecular complexity index is 810. The molecule has 0 fully saturated rings. The SMILES string of the molecule is CC(I)C(=O)Oc1ccc(C(CCC(=O)[O-])c2ccc(OC(=O)C(C)I)cc2)cc1. The Labute approximate surface area is 202 Å². The quantitative estimate of drug-likeness (QED) is 0.180. The van der Waals surface area contributed by atoms with Crippen LogP contribution in [0.25, 0.3) is 0 Å². The van der Waals surface area contributed by atoms with E-state index >= 15 is 0 Å². The topological polar surface area (TPSA) is 92.7 Å². The zero-order valence-corrected chi connectivity index (χ0v) is 20.8. The molecule has 2 aromatic carbocycles. The van der Waals surface area contributed by atoms with E-state index in [0.29, 0.717) is 17.9 Å². The largest absolute Gasteiger partial charge is 0.550 e. The molecule has 2 unspecified atom stereocenters. The number of ether oxygens (including phenoxy) is 2. The second-order valence-corrected chi connectivity index (χ2v) is 10.4. The Kier molecular flexibility index (Phi) is 9.53. The maximum Gasteiger partial charge on any atom is 0.323 e. The molecule has 30 heavy (non-hydrogen) atoms. The molecule has 8 heteroatoms. The third-order valence-corrected chi connectivity index (χ3v) is 5.31. The van der Waals surface area contributed by atoms with E-state index < -0.39 is 5.97 Å². The number of rotatable bonds is 9. The van der Waals surface area contributed by atoms with Gasteiger partial charge in [0.1, 0.15) is 19.3 Å². The van der Waals surface area contributed by atoms with Gasteiger partial charge in [-0.1, -0.05) is 69.4 Å². The predicted molar refractivity (Wildman–Crippen MR) is 127 cm³/mol. The van der Waals surface area contributed by atoms with Crippen LogP contribution in [0.2, 0.25) is 0 Å². The van der Waals surface area contributed by atoms with Crippen LogP contribution < -0.4 is 14.6 Å². The number of carbonyl (C=O) groups is 3. The highest BCUT2D eigenvalue weighted by atomic mass is 127. The highest BCUT2D eigenvalue weighted by Crippen LogP contribution is 2.31. The lowest BCUT2D eigenvalue weighted by atomic mass is 9.87. The Balaban J connectivity index is 2.22. The van der Waals surface area contributed by atoms with Crippen molar-refractivity contribution in [3.8, 4) is 11.5 Å². The van der Waals surface area contributed by atoms with E-state index in [9.17, 15) is 19.5 Å². The normalized spacial score (nSPS) is 13.7. The third-order valence-electron chi connectivity index (χ3n) is 4.29. The Morgan fingerprint density at radius 1 is 0.800 bits per heavy atom. The van der Waals surface area contributed by atoms with Crippen molar-refractivity contribution in [2.24, 2.45) is 0 Å². The van der Waals surface area contributed by atoms with Crippen molar-refractivity contribution >= 4 is 63.1 Å². The number of hydrogen-bond donors (Lipinski definition) is 0. The minimum atomic E-state index is -1.12. The first-order valence-corrected chi connectivity index (χ1v) is 11.8. The summed E-state index contributed by atoms with van der Waals surface area (Å²) < 4.78 is 10.0. The highest BCUT2D eigenvalue weighted by Gasteiger charge is 2.17. The summed E-state index contributed by atoms with van der Waals surface area (Å²) in [5, 5.41) is 11.0. The molecule has 0 aromatic heterocycles. The Morgan fingerprint density at radius 2 is 1.17 bits per heavy atom. The van der Waals surface area contributed by atoms with E-state index in [1.807, 2.05) is 69.4 Å². The van der Waals surface area contributed by atoms with Gasteiger partial charge in [-0.15, -0.1) is 0 Å². The summed E-state index contributed by atoms with van der Waals surface area (Å²) >= 11 is 3.97. The van der Waals surface area contributed by atoms with E-state index in [1.54, 1.807) is 38.1 Å². The van der Waals surface area contributed by atoms with E-state index in [0.717, 1.165) is 11.1 Å². The second-order valence-electron chi connectivity index (χ2n) is 6.68. The summed E-state index contributed by atoms with van der Waals surface area (Å²) in [5.74, 6) is -1.12. The van der Waals surface area contributed by atoms with Crippen LogP contribution in [-0.2, 0) is 14.4 Å². The van der Waals surface area contributed by atoms with Crippen molar-refractivity contribution in [2.45, 2.75) is 40.5 Å². The number of benzene rings is 2. The average Bonchev–Trinajstić information content (AvgIpc) is 2.70. The van der Waals surface area contributed by atoms with Crippen LogP contribution in [0, 0.1) is 0 Å². The minimum absolute atomic E-state index is 0.100. The molecular weight excluding hydrogens is 614 g/mol. The summed E-state index contributed by atoms with van der Waals surface area (Å²) in [5.41, 5.74) is 1.76. The molecule has 6 nitrogen and oxygen atoms in total. The molecule has 0 heterocycles. The fourth-order valence-electron chi connectivity index (χ4n) is 2.72. The maximum absolute atomic E-state index is 11.7. The first kappa shape index (κ1) is 24.6. The summed E-state index contributed by atoms with van der Waals surface area (Å²) in [7, 11) is 0. The van der Waals surface area contributed by atoms with Crippen molar-refractivity contribution in [1.29, 1.82) is 0 Å². The predicted octanol–water partition coefficient (Wildman–Crippen LogP) is 3.81. The number of halogens is 2. The monoisotopic (exact) mass is 635 g/mol. The fourth-order valence-corrected chi connectivity index (χ4v) is 2.97. The van der Waals surface area contributed by atoms with E-state index in [4.69, 9.17) is 9.47 Å². The lowest BCUT2D eigenvalue weighted by molar-refractivity contribution is -0.305. The number of carboxylic acids is 1. The third kappa shape index (κ3) is 7.53. The first-order valence-electron chi connectivity index (χ1n) is 9.28. The fraction of sp³-hybridized carbons (Fsp3) is 0.318. The van der Waals surface area contributed by atoms with Gasteiger partial charge in [-0.05, 0) is 62.1 Å². The van der Waals surface area contributed by atoms with Gasteiger partial charge >= 0.3 is 11.9 Å². The number of alkyl halides is 2. The van der Waals surface area contributed by atoms with Crippen molar-refractivity contribution in [2.75, 3.05) is 0 Å². The summed E-state index contributed by atoms with van der Waals surface area (Å²) in [6, 6.07) is 14.0. The number of carboxylic acid groups (broad SMARTS) is 1. The van der Waals surface area contributed by atoms with E-state index in [2.05, 4.69) is 0 Å². The molecule has 2 atom stereocenters. The molecule has 0 aliphatic rings. The molecule has 0 saturated heterocycles. The van der Waals surface area contributed by atoms with Gasteiger partial charge in [0.25, 0.3) is 0 Å². The zero-order chi connectivity index (χ0) is 22.3. The maximum atomic E-state index is 11.7. The van der Waals surface area contributed by atoms with Gasteiger partial charge in [0.2, 0.25) is 0 Å². The molecule has 0 N–H and O–H groups in total. The van der Waals surface area contributed by atoms with Crippen molar-refractivity contribution in [3.05, 3.63) is 59.7 Å². The van der Waals surface area contributed by atoms with Crippen LogP contribution in [0.3, 0.4) is 0 Å². The first-order chi connectivity index (χ1) is 14.2.